The highest BCUT2D eigenvalue weighted by molar-refractivity contribution is 5.68. The highest BCUT2D eigenvalue weighted by atomic mass is 16.6. The Morgan fingerprint density at radius 3 is 2.95 bits per heavy atom. The van der Waals surface area contributed by atoms with Crippen molar-refractivity contribution in [3.63, 3.8) is 0 Å². The quantitative estimate of drug-likeness (QED) is 0.648. The number of nitriles is 1. The van der Waals surface area contributed by atoms with Crippen LogP contribution >= 0.6 is 0 Å². The smallest absolute Gasteiger partial charge is 0.309 e. The number of nitro groups is 1. The highest BCUT2D eigenvalue weighted by Gasteiger charge is 2.19. The number of nitrogens with zero attached hydrogens (tertiary/aromatic N) is 5. The number of hydrogen-bond donors (Lipinski definition) is 1. The molecule has 0 saturated heterocycles. The lowest BCUT2D eigenvalue weighted by Gasteiger charge is -2.06. The van der Waals surface area contributed by atoms with Gasteiger partial charge in [0.15, 0.2) is 5.82 Å². The predicted octanol–water partition coefficient (Wildman–Crippen LogP) is 1.25. The number of aromatic nitrogens is 3. The summed E-state index contributed by atoms with van der Waals surface area (Å²) in [7, 11) is 1.77. The molecule has 20 heavy (non-hydrogen) atoms. The van der Waals surface area contributed by atoms with Gasteiger partial charge in [-0.25, -0.2) is 4.98 Å². The fourth-order valence-corrected chi connectivity index (χ4v) is 1.78. The van der Waals surface area contributed by atoms with Crippen LogP contribution in [0, 0.1) is 21.4 Å². The van der Waals surface area contributed by atoms with Crippen molar-refractivity contribution >= 4 is 11.4 Å². The minimum atomic E-state index is -0.556. The molecular formula is C12H12N6O2. The van der Waals surface area contributed by atoms with Crippen molar-refractivity contribution in [2.45, 2.75) is 6.42 Å². The van der Waals surface area contributed by atoms with Crippen molar-refractivity contribution in [1.82, 2.24) is 14.8 Å². The van der Waals surface area contributed by atoms with Crippen LogP contribution in [0.2, 0.25) is 0 Å². The van der Waals surface area contributed by atoms with E-state index in [2.05, 4.69) is 15.4 Å². The molecule has 2 aromatic rings. The van der Waals surface area contributed by atoms with Crippen molar-refractivity contribution in [1.29, 1.82) is 5.26 Å². The van der Waals surface area contributed by atoms with E-state index >= 15 is 0 Å². The molecule has 0 aliphatic carbocycles. The molecule has 2 rings (SSSR count). The van der Waals surface area contributed by atoms with Gasteiger partial charge in [0.1, 0.15) is 23.6 Å². The molecule has 1 heterocycles. The number of benzene rings is 1. The Labute approximate surface area is 114 Å². The molecule has 0 saturated carbocycles. The molecule has 0 aliphatic heterocycles. The highest BCUT2D eigenvalue weighted by Crippen LogP contribution is 2.27. The van der Waals surface area contributed by atoms with Gasteiger partial charge >= 0.3 is 5.69 Å². The number of aryl methyl sites for hydroxylation is 1. The van der Waals surface area contributed by atoms with Crippen LogP contribution in [0.5, 0.6) is 0 Å². The zero-order valence-corrected chi connectivity index (χ0v) is 10.8. The Morgan fingerprint density at radius 2 is 2.35 bits per heavy atom. The largest absolute Gasteiger partial charge is 0.379 e. The molecule has 1 N–H and O–H groups in total. The number of hydrogen-bond acceptors (Lipinski definition) is 6. The van der Waals surface area contributed by atoms with Crippen molar-refractivity contribution < 1.29 is 4.92 Å². The molecular weight excluding hydrogens is 260 g/mol. The molecule has 0 fully saturated rings. The monoisotopic (exact) mass is 272 g/mol. The van der Waals surface area contributed by atoms with Gasteiger partial charge in [0, 0.05) is 20.0 Å². The van der Waals surface area contributed by atoms with Gasteiger partial charge in [0.2, 0.25) is 0 Å². The van der Waals surface area contributed by atoms with E-state index in [4.69, 9.17) is 5.26 Å². The summed E-state index contributed by atoms with van der Waals surface area (Å²) in [6.07, 6.45) is 2.13. The van der Waals surface area contributed by atoms with Crippen LogP contribution in [-0.4, -0.2) is 26.2 Å². The number of nitro benzene ring substituents is 1. The molecule has 0 spiro atoms. The second-order valence-corrected chi connectivity index (χ2v) is 4.08. The van der Waals surface area contributed by atoms with Crippen LogP contribution in [0.25, 0.3) is 0 Å². The topological polar surface area (TPSA) is 110 Å². The second-order valence-electron chi connectivity index (χ2n) is 4.08. The van der Waals surface area contributed by atoms with Crippen LogP contribution in [0.3, 0.4) is 0 Å². The summed E-state index contributed by atoms with van der Waals surface area (Å²) in [5.41, 5.74) is 0.157. The lowest BCUT2D eigenvalue weighted by Crippen LogP contribution is -2.08. The minimum Gasteiger partial charge on any atom is -0.379 e. The van der Waals surface area contributed by atoms with E-state index in [0.29, 0.717) is 24.5 Å². The molecule has 0 atom stereocenters. The van der Waals surface area contributed by atoms with E-state index in [1.807, 2.05) is 6.07 Å². The maximum Gasteiger partial charge on any atom is 0.309 e. The number of anilines is 1. The number of rotatable bonds is 5. The molecule has 102 valence electrons. The van der Waals surface area contributed by atoms with E-state index in [9.17, 15) is 10.1 Å². The van der Waals surface area contributed by atoms with Crippen molar-refractivity contribution in [3.8, 4) is 6.07 Å². The molecule has 0 aliphatic rings. The zero-order valence-electron chi connectivity index (χ0n) is 10.8. The first-order chi connectivity index (χ1) is 9.61. The minimum absolute atomic E-state index is 0.0379. The van der Waals surface area contributed by atoms with Crippen LogP contribution in [-0.2, 0) is 13.5 Å². The molecule has 8 nitrogen and oxygen atoms in total. The summed E-state index contributed by atoms with van der Waals surface area (Å²) < 4.78 is 1.59. The third kappa shape index (κ3) is 2.89. The SMILES string of the molecule is Cn1cnc(CCNc2cccc(C#N)c2[N+](=O)[O-])n1. The summed E-state index contributed by atoms with van der Waals surface area (Å²) >= 11 is 0. The Bertz CT molecular complexity index is 673. The summed E-state index contributed by atoms with van der Waals surface area (Å²) in [5.74, 6) is 0.652. The molecule has 0 amide bonds. The molecule has 0 bridgehead atoms. The van der Waals surface area contributed by atoms with Gasteiger partial charge in [0.25, 0.3) is 0 Å². The predicted molar refractivity (Wildman–Crippen MR) is 71.0 cm³/mol. The van der Waals surface area contributed by atoms with E-state index in [-0.39, 0.29) is 11.3 Å². The van der Waals surface area contributed by atoms with E-state index in [1.54, 1.807) is 30.2 Å². The number of para-hydroxylation sites is 1. The second kappa shape index (κ2) is 5.79. The first-order valence-corrected chi connectivity index (χ1v) is 5.87. The van der Waals surface area contributed by atoms with Crippen LogP contribution in [0.1, 0.15) is 11.4 Å². The average molecular weight is 272 g/mol. The van der Waals surface area contributed by atoms with Gasteiger partial charge in [-0.05, 0) is 12.1 Å². The average Bonchev–Trinajstić information content (AvgIpc) is 2.83. The first kappa shape index (κ1) is 13.5. The molecule has 8 heteroatoms. The summed E-state index contributed by atoms with van der Waals surface area (Å²) in [6.45, 7) is 0.444. The summed E-state index contributed by atoms with van der Waals surface area (Å²) in [4.78, 5) is 14.5. The number of nitrogens with one attached hydrogen (secondary N) is 1. The van der Waals surface area contributed by atoms with Crippen molar-refractivity contribution in [2.75, 3.05) is 11.9 Å². The molecule has 1 aromatic heterocycles. The van der Waals surface area contributed by atoms with Crippen LogP contribution in [0.4, 0.5) is 11.4 Å². The summed E-state index contributed by atoms with van der Waals surface area (Å²) in [6, 6.07) is 6.42. The Kier molecular flexibility index (Phi) is 3.91. The normalized spacial score (nSPS) is 10.0. The van der Waals surface area contributed by atoms with E-state index < -0.39 is 4.92 Å². The van der Waals surface area contributed by atoms with Gasteiger partial charge < -0.3 is 5.32 Å². The van der Waals surface area contributed by atoms with Gasteiger partial charge in [-0.1, -0.05) is 6.07 Å². The molecule has 0 radical (unpaired) electrons. The van der Waals surface area contributed by atoms with Gasteiger partial charge in [-0.15, -0.1) is 0 Å². The zero-order chi connectivity index (χ0) is 14.5. The lowest BCUT2D eigenvalue weighted by atomic mass is 10.1. The standard InChI is InChI=1S/C12H12N6O2/c1-17-8-15-11(16-17)5-6-14-10-4-2-3-9(7-13)12(10)18(19)20/h2-4,8,14H,5-6H2,1H3. The maximum atomic E-state index is 11.0. The van der Waals surface area contributed by atoms with Gasteiger partial charge in [-0.2, -0.15) is 10.4 Å². The van der Waals surface area contributed by atoms with Gasteiger partial charge in [0.05, 0.1) is 4.92 Å². The lowest BCUT2D eigenvalue weighted by molar-refractivity contribution is -0.384. The fourth-order valence-electron chi connectivity index (χ4n) is 1.78. The first-order valence-electron chi connectivity index (χ1n) is 5.87. The molecule has 1 aromatic carbocycles. The Hall–Kier alpha value is -2.95. The Balaban J connectivity index is 2.10. The van der Waals surface area contributed by atoms with Gasteiger partial charge in [-0.3, -0.25) is 14.8 Å². The van der Waals surface area contributed by atoms with Crippen LogP contribution in [0.15, 0.2) is 24.5 Å². The Morgan fingerprint density at radius 1 is 1.55 bits per heavy atom. The summed E-state index contributed by atoms with van der Waals surface area (Å²) in [5, 5.41) is 27.0. The van der Waals surface area contributed by atoms with E-state index in [1.165, 1.54) is 6.07 Å². The third-order valence-electron chi connectivity index (χ3n) is 2.65. The van der Waals surface area contributed by atoms with Crippen molar-refractivity contribution in [2.24, 2.45) is 7.05 Å². The molecule has 0 unspecified atom stereocenters. The van der Waals surface area contributed by atoms with Crippen molar-refractivity contribution in [3.05, 3.63) is 46.0 Å². The fraction of sp³-hybridized carbons (Fsp3) is 0.250. The third-order valence-corrected chi connectivity index (χ3v) is 2.65. The van der Waals surface area contributed by atoms with Crippen LogP contribution < -0.4 is 5.32 Å². The maximum absolute atomic E-state index is 11.0. The van der Waals surface area contributed by atoms with E-state index in [0.717, 1.165) is 0 Å².